The Hall–Kier alpha value is -1.42. The predicted octanol–water partition coefficient (Wildman–Crippen LogP) is 3.44. The van der Waals surface area contributed by atoms with Gasteiger partial charge in [-0.15, -0.1) is 0 Å². The zero-order chi connectivity index (χ0) is 12.5. The molecule has 2 aromatic rings. The van der Waals surface area contributed by atoms with Crippen LogP contribution in [0.4, 0.5) is 5.13 Å². The molecular formula is C14H17N3S. The summed E-state index contributed by atoms with van der Waals surface area (Å²) in [6.45, 7) is 5.69. The average molecular weight is 259 g/mol. The number of nitrogens with zero attached hydrogens (tertiary/aromatic N) is 3. The van der Waals surface area contributed by atoms with Crippen LogP contribution >= 0.6 is 11.5 Å². The topological polar surface area (TPSA) is 29.0 Å². The van der Waals surface area contributed by atoms with E-state index < -0.39 is 0 Å². The minimum Gasteiger partial charge on any atom is -0.344 e. The van der Waals surface area contributed by atoms with E-state index in [0.29, 0.717) is 6.04 Å². The third kappa shape index (κ3) is 2.01. The fraction of sp³-hybridized carbons (Fsp3) is 0.429. The van der Waals surface area contributed by atoms with Crippen LogP contribution in [0.5, 0.6) is 0 Å². The van der Waals surface area contributed by atoms with Crippen LogP contribution < -0.4 is 4.90 Å². The van der Waals surface area contributed by atoms with Gasteiger partial charge >= 0.3 is 0 Å². The molecule has 4 heteroatoms. The van der Waals surface area contributed by atoms with Crippen LogP contribution in [-0.2, 0) is 0 Å². The first kappa shape index (κ1) is 11.7. The van der Waals surface area contributed by atoms with E-state index in [1.165, 1.54) is 18.0 Å². The van der Waals surface area contributed by atoms with Gasteiger partial charge in [-0.3, -0.25) is 0 Å². The van der Waals surface area contributed by atoms with Gasteiger partial charge in [-0.05, 0) is 19.3 Å². The molecular weight excluding hydrogens is 242 g/mol. The van der Waals surface area contributed by atoms with Crippen LogP contribution in [0.3, 0.4) is 0 Å². The second kappa shape index (κ2) is 4.69. The quantitative estimate of drug-likeness (QED) is 0.827. The van der Waals surface area contributed by atoms with Crippen molar-refractivity contribution in [3.8, 4) is 11.4 Å². The summed E-state index contributed by atoms with van der Waals surface area (Å²) in [4.78, 5) is 7.06. The Balaban J connectivity index is 1.86. The first-order valence-corrected chi connectivity index (χ1v) is 7.19. The Kier molecular flexibility index (Phi) is 3.04. The molecule has 2 heterocycles. The zero-order valence-corrected chi connectivity index (χ0v) is 11.5. The summed E-state index contributed by atoms with van der Waals surface area (Å²) in [5.74, 6) is 1.59. The summed E-state index contributed by atoms with van der Waals surface area (Å²) >= 11 is 1.51. The summed E-state index contributed by atoms with van der Waals surface area (Å²) in [6, 6.07) is 10.7. The molecule has 0 amide bonds. The highest BCUT2D eigenvalue weighted by atomic mass is 32.1. The molecule has 0 N–H and O–H groups in total. The van der Waals surface area contributed by atoms with Gasteiger partial charge in [0.1, 0.15) is 0 Å². The molecule has 0 spiro atoms. The van der Waals surface area contributed by atoms with E-state index in [0.717, 1.165) is 29.0 Å². The van der Waals surface area contributed by atoms with Crippen molar-refractivity contribution in [2.75, 3.05) is 11.4 Å². The molecule has 0 saturated carbocycles. The van der Waals surface area contributed by atoms with E-state index in [9.17, 15) is 0 Å². The summed E-state index contributed by atoms with van der Waals surface area (Å²) in [5.41, 5.74) is 1.10. The van der Waals surface area contributed by atoms with Gasteiger partial charge < -0.3 is 4.90 Å². The molecule has 1 aromatic heterocycles. The lowest BCUT2D eigenvalue weighted by molar-refractivity contribution is 0.546. The maximum absolute atomic E-state index is 4.68. The van der Waals surface area contributed by atoms with Gasteiger partial charge in [-0.1, -0.05) is 37.3 Å². The second-order valence-corrected chi connectivity index (χ2v) is 5.70. The first-order valence-electron chi connectivity index (χ1n) is 6.41. The fourth-order valence-electron chi connectivity index (χ4n) is 2.40. The molecule has 3 rings (SSSR count). The third-order valence-corrected chi connectivity index (χ3v) is 4.59. The molecule has 1 aliphatic heterocycles. The molecule has 18 heavy (non-hydrogen) atoms. The Bertz CT molecular complexity index is 523. The molecule has 0 aliphatic carbocycles. The van der Waals surface area contributed by atoms with Gasteiger partial charge in [0.15, 0.2) is 5.82 Å². The van der Waals surface area contributed by atoms with Crippen molar-refractivity contribution >= 4 is 16.7 Å². The monoisotopic (exact) mass is 259 g/mol. The van der Waals surface area contributed by atoms with E-state index in [1.807, 2.05) is 18.2 Å². The van der Waals surface area contributed by atoms with E-state index in [2.05, 4.69) is 40.2 Å². The Labute approximate surface area is 112 Å². The van der Waals surface area contributed by atoms with Gasteiger partial charge in [0, 0.05) is 29.7 Å². The molecule has 2 atom stereocenters. The minimum absolute atomic E-state index is 0.571. The number of hydrogen-bond donors (Lipinski definition) is 0. The number of benzene rings is 1. The van der Waals surface area contributed by atoms with Crippen molar-refractivity contribution in [3.63, 3.8) is 0 Å². The highest BCUT2D eigenvalue weighted by molar-refractivity contribution is 7.09. The Morgan fingerprint density at radius 2 is 2.00 bits per heavy atom. The lowest BCUT2D eigenvalue weighted by atomic mass is 10.1. The van der Waals surface area contributed by atoms with Crippen molar-refractivity contribution < 1.29 is 0 Å². The first-order chi connectivity index (χ1) is 8.75. The summed E-state index contributed by atoms with van der Waals surface area (Å²) in [7, 11) is 0. The third-order valence-electron chi connectivity index (χ3n) is 3.83. The minimum atomic E-state index is 0.571. The normalized spacial score (nSPS) is 23.6. The lowest BCUT2D eigenvalue weighted by Gasteiger charge is -2.21. The number of anilines is 1. The van der Waals surface area contributed by atoms with Crippen molar-refractivity contribution in [2.24, 2.45) is 5.92 Å². The van der Waals surface area contributed by atoms with Crippen molar-refractivity contribution in [3.05, 3.63) is 30.3 Å². The van der Waals surface area contributed by atoms with E-state index in [4.69, 9.17) is 0 Å². The Morgan fingerprint density at radius 1 is 1.22 bits per heavy atom. The fourth-order valence-corrected chi connectivity index (χ4v) is 3.21. The van der Waals surface area contributed by atoms with Crippen LogP contribution in [0.1, 0.15) is 20.3 Å². The lowest BCUT2D eigenvalue weighted by Crippen LogP contribution is -2.28. The summed E-state index contributed by atoms with van der Waals surface area (Å²) < 4.78 is 4.48. The van der Waals surface area contributed by atoms with Gasteiger partial charge in [-0.2, -0.15) is 9.36 Å². The van der Waals surface area contributed by atoms with Crippen LogP contribution in [-0.4, -0.2) is 21.9 Å². The van der Waals surface area contributed by atoms with Crippen LogP contribution in [0.2, 0.25) is 0 Å². The van der Waals surface area contributed by atoms with E-state index in [1.54, 1.807) is 0 Å². The number of rotatable bonds is 2. The van der Waals surface area contributed by atoms with Gasteiger partial charge in [-0.25, -0.2) is 0 Å². The van der Waals surface area contributed by atoms with Gasteiger partial charge in [0.25, 0.3) is 0 Å². The average Bonchev–Trinajstić information content (AvgIpc) is 3.00. The van der Waals surface area contributed by atoms with Crippen LogP contribution in [0, 0.1) is 5.92 Å². The highest BCUT2D eigenvalue weighted by Crippen LogP contribution is 2.32. The Morgan fingerprint density at radius 3 is 2.67 bits per heavy atom. The largest absolute Gasteiger partial charge is 0.344 e. The molecule has 0 radical (unpaired) electrons. The van der Waals surface area contributed by atoms with Crippen molar-refractivity contribution in [1.29, 1.82) is 0 Å². The van der Waals surface area contributed by atoms with E-state index in [-0.39, 0.29) is 0 Å². The highest BCUT2D eigenvalue weighted by Gasteiger charge is 2.29. The van der Waals surface area contributed by atoms with Crippen molar-refractivity contribution in [1.82, 2.24) is 9.36 Å². The molecule has 1 aromatic carbocycles. The van der Waals surface area contributed by atoms with Gasteiger partial charge in [0.2, 0.25) is 5.13 Å². The molecule has 94 valence electrons. The van der Waals surface area contributed by atoms with Crippen LogP contribution in [0.25, 0.3) is 11.4 Å². The molecule has 2 unspecified atom stereocenters. The molecule has 1 fully saturated rings. The molecule has 3 nitrogen and oxygen atoms in total. The van der Waals surface area contributed by atoms with Crippen molar-refractivity contribution in [2.45, 2.75) is 26.3 Å². The predicted molar refractivity (Wildman–Crippen MR) is 75.9 cm³/mol. The number of hydrogen-bond acceptors (Lipinski definition) is 4. The standard InChI is InChI=1S/C14H17N3S/c1-10-8-9-17(11(10)2)14-15-13(16-18-14)12-6-4-3-5-7-12/h3-7,10-11H,8-9H2,1-2H3. The summed E-state index contributed by atoms with van der Waals surface area (Å²) in [5, 5.41) is 1.06. The molecule has 0 bridgehead atoms. The van der Waals surface area contributed by atoms with Crippen LogP contribution in [0.15, 0.2) is 30.3 Å². The molecule has 1 saturated heterocycles. The summed E-state index contributed by atoms with van der Waals surface area (Å²) in [6.07, 6.45) is 1.25. The zero-order valence-electron chi connectivity index (χ0n) is 10.7. The van der Waals surface area contributed by atoms with Gasteiger partial charge in [0.05, 0.1) is 0 Å². The van der Waals surface area contributed by atoms with E-state index >= 15 is 0 Å². The SMILES string of the molecule is CC1CCN(c2nc(-c3ccccc3)ns2)C1C. The molecule has 1 aliphatic rings. The second-order valence-electron chi connectivity index (χ2n) is 4.97. The smallest absolute Gasteiger partial charge is 0.205 e. The maximum atomic E-state index is 4.68. The maximum Gasteiger partial charge on any atom is 0.205 e. The number of aromatic nitrogens is 2.